The van der Waals surface area contributed by atoms with Gasteiger partial charge in [0.2, 0.25) is 0 Å². The zero-order chi connectivity index (χ0) is 9.26. The van der Waals surface area contributed by atoms with Crippen LogP contribution in [0.3, 0.4) is 0 Å². The second-order valence-electron chi connectivity index (χ2n) is 3.48. The van der Waals surface area contributed by atoms with E-state index in [0.717, 1.165) is 6.42 Å². The Labute approximate surface area is 84.7 Å². The molecule has 1 aliphatic heterocycles. The molecule has 0 aromatic carbocycles. The van der Waals surface area contributed by atoms with Crippen LogP contribution in [0.4, 0.5) is 0 Å². The van der Waals surface area contributed by atoms with Crippen molar-refractivity contribution in [2.45, 2.75) is 20.3 Å². The molecule has 1 heteroatoms. The molecule has 1 heterocycles. The highest BCUT2D eigenvalue weighted by molar-refractivity contribution is 7.45. The third kappa shape index (κ3) is 2.27. The van der Waals surface area contributed by atoms with Gasteiger partial charge in [-0.1, -0.05) is 22.4 Å². The van der Waals surface area contributed by atoms with Crippen LogP contribution in [0.5, 0.6) is 0 Å². The molecule has 2 aliphatic rings. The molecule has 1 saturated carbocycles. The molecule has 2 fully saturated rings. The lowest BCUT2D eigenvalue weighted by Crippen LogP contribution is -2.05. The van der Waals surface area contributed by atoms with E-state index in [1.165, 1.54) is 26.3 Å². The van der Waals surface area contributed by atoms with Crippen molar-refractivity contribution in [3.05, 3.63) is 55.3 Å². The number of rotatable bonds is 2. The van der Waals surface area contributed by atoms with Gasteiger partial charge in [0.1, 0.15) is 0 Å². The standard InChI is InChI=1S/C12H13P/c1-9-8-13-12(10(9)2)7-11-5-3-4-6-11/h3-6,8H,7H2,1-2H3. The fourth-order valence-corrected chi connectivity index (χ4v) is 2.69. The van der Waals surface area contributed by atoms with Crippen molar-refractivity contribution in [3.8, 4) is 0 Å². The van der Waals surface area contributed by atoms with Gasteiger partial charge in [-0.3, -0.25) is 0 Å². The Morgan fingerprint density at radius 1 is 1.15 bits per heavy atom. The lowest BCUT2D eigenvalue weighted by molar-refractivity contribution is 0.911. The van der Waals surface area contributed by atoms with Crippen LogP contribution in [-0.2, 0) is 0 Å². The van der Waals surface area contributed by atoms with E-state index in [4.69, 9.17) is 0 Å². The highest BCUT2D eigenvalue weighted by Crippen LogP contribution is 2.56. The molecule has 0 N–H and O–H groups in total. The van der Waals surface area contributed by atoms with E-state index in [2.05, 4.69) is 45.7 Å². The first-order valence-corrected chi connectivity index (χ1v) is 5.52. The third-order valence-corrected chi connectivity index (χ3v) is 3.86. The Balaban J connectivity index is 1.81. The van der Waals surface area contributed by atoms with Gasteiger partial charge >= 0.3 is 0 Å². The van der Waals surface area contributed by atoms with Crippen LogP contribution in [0.25, 0.3) is 0 Å². The van der Waals surface area contributed by atoms with Gasteiger partial charge in [-0.05, 0) is 56.0 Å². The first-order valence-electron chi connectivity index (χ1n) is 4.55. The molecule has 0 aromatic heterocycles. The molecule has 0 amide bonds. The molecule has 0 spiro atoms. The maximum absolute atomic E-state index is 2.30. The lowest BCUT2D eigenvalue weighted by Gasteiger charge is -2.18. The molecular weight excluding hydrogens is 175 g/mol. The summed E-state index contributed by atoms with van der Waals surface area (Å²) < 4.78 is 0. The highest BCUT2D eigenvalue weighted by atomic mass is 31.1. The van der Waals surface area contributed by atoms with Crippen LogP contribution < -0.4 is 0 Å². The van der Waals surface area contributed by atoms with Crippen LogP contribution in [-0.4, -0.2) is 0 Å². The summed E-state index contributed by atoms with van der Waals surface area (Å²) in [5.74, 6) is 4.37. The van der Waals surface area contributed by atoms with Crippen LogP contribution in [0, 0.1) is 55.3 Å². The van der Waals surface area contributed by atoms with Crippen molar-refractivity contribution >= 4 is 8.58 Å². The van der Waals surface area contributed by atoms with Crippen molar-refractivity contribution in [2.24, 2.45) is 0 Å². The molecular formula is C12H13P. The van der Waals surface area contributed by atoms with E-state index in [-0.39, 0.29) is 0 Å². The van der Waals surface area contributed by atoms with Crippen molar-refractivity contribution in [1.82, 2.24) is 0 Å². The van der Waals surface area contributed by atoms with Gasteiger partial charge in [-0.2, -0.15) is 0 Å². The molecule has 2 rings (SSSR count). The van der Waals surface area contributed by atoms with E-state index in [0.29, 0.717) is 0 Å². The van der Waals surface area contributed by atoms with Crippen LogP contribution in [0.1, 0.15) is 20.3 Å². The Hall–Kier alpha value is 0.430. The van der Waals surface area contributed by atoms with Gasteiger partial charge in [0, 0.05) is 5.66 Å². The van der Waals surface area contributed by atoms with E-state index in [1.807, 2.05) is 0 Å². The summed E-state index contributed by atoms with van der Waals surface area (Å²) in [5, 5.41) is 0. The Bertz CT molecular complexity index is 161. The SMILES string of the molecule is C[C]1[CH][P][C](C[C]2[CH][CH][CH][CH]2)[C]1C. The minimum absolute atomic E-state index is 1.12. The molecule has 10 radical (unpaired) electrons. The average molecular weight is 188 g/mol. The third-order valence-electron chi connectivity index (χ3n) is 2.54. The summed E-state index contributed by atoms with van der Waals surface area (Å²) in [6.07, 6.45) is 12.0. The molecule has 13 heavy (non-hydrogen) atoms. The summed E-state index contributed by atoms with van der Waals surface area (Å²) >= 11 is 0. The van der Waals surface area contributed by atoms with Gasteiger partial charge in [0.05, 0.1) is 0 Å². The highest BCUT2D eigenvalue weighted by Gasteiger charge is 2.34. The Kier molecular flexibility index (Phi) is 3.30. The summed E-state index contributed by atoms with van der Waals surface area (Å²) in [6.45, 7) is 4.42. The molecule has 1 saturated heterocycles. The van der Waals surface area contributed by atoms with Gasteiger partial charge in [0.15, 0.2) is 0 Å². The normalized spacial score (nSPS) is 30.9. The summed E-state index contributed by atoms with van der Waals surface area (Å²) in [4.78, 5) is 0. The van der Waals surface area contributed by atoms with Gasteiger partial charge < -0.3 is 0 Å². The van der Waals surface area contributed by atoms with Gasteiger partial charge in [0.25, 0.3) is 0 Å². The fraction of sp³-hybridized carbons (Fsp3) is 0.250. The average Bonchev–Trinajstić information content (AvgIpc) is 2.71. The largest absolute Gasteiger partial charge is 0.0677 e. The fourth-order valence-electron chi connectivity index (χ4n) is 1.50. The molecule has 0 unspecified atom stereocenters. The van der Waals surface area contributed by atoms with Crippen LogP contribution in [0.15, 0.2) is 0 Å². The van der Waals surface area contributed by atoms with E-state index in [1.54, 1.807) is 5.66 Å². The maximum atomic E-state index is 2.30. The zero-order valence-corrected chi connectivity index (χ0v) is 8.94. The number of hydrogen-bond acceptors (Lipinski definition) is 0. The van der Waals surface area contributed by atoms with Gasteiger partial charge in [-0.25, -0.2) is 0 Å². The number of hydrogen-bond donors (Lipinski definition) is 0. The predicted molar refractivity (Wildman–Crippen MR) is 57.4 cm³/mol. The van der Waals surface area contributed by atoms with E-state index < -0.39 is 0 Å². The van der Waals surface area contributed by atoms with E-state index in [9.17, 15) is 0 Å². The predicted octanol–water partition coefficient (Wildman–Crippen LogP) is 3.62. The van der Waals surface area contributed by atoms with Gasteiger partial charge in [-0.15, -0.1) is 0 Å². The quantitative estimate of drug-likeness (QED) is 0.580. The second kappa shape index (κ2) is 4.30. The Morgan fingerprint density at radius 3 is 2.38 bits per heavy atom. The lowest BCUT2D eigenvalue weighted by atomic mass is 9.89. The zero-order valence-electron chi connectivity index (χ0n) is 8.04. The molecule has 0 atom stereocenters. The van der Waals surface area contributed by atoms with Crippen molar-refractivity contribution < 1.29 is 0 Å². The Morgan fingerprint density at radius 2 is 1.85 bits per heavy atom. The van der Waals surface area contributed by atoms with Crippen molar-refractivity contribution in [1.29, 1.82) is 0 Å². The summed E-state index contributed by atoms with van der Waals surface area (Å²) in [6, 6.07) is 0. The first-order chi connectivity index (χ1) is 6.27. The van der Waals surface area contributed by atoms with Crippen molar-refractivity contribution in [3.63, 3.8) is 0 Å². The molecule has 0 nitrogen and oxygen atoms in total. The molecule has 66 valence electrons. The second-order valence-corrected chi connectivity index (χ2v) is 4.54. The minimum Gasteiger partial charge on any atom is -0.0677 e. The van der Waals surface area contributed by atoms with Crippen LogP contribution >= 0.6 is 8.58 Å². The van der Waals surface area contributed by atoms with Crippen molar-refractivity contribution in [2.75, 3.05) is 0 Å². The topological polar surface area (TPSA) is 0 Å². The van der Waals surface area contributed by atoms with E-state index >= 15 is 0 Å². The summed E-state index contributed by atoms with van der Waals surface area (Å²) in [5.41, 5.74) is 1.56. The minimum atomic E-state index is 1.12. The van der Waals surface area contributed by atoms with Crippen LogP contribution in [0.2, 0.25) is 0 Å². The first kappa shape index (κ1) is 9.97. The molecule has 0 bridgehead atoms. The molecule has 0 aromatic rings. The smallest absolute Gasteiger partial charge is 0.0123 e. The summed E-state index contributed by atoms with van der Waals surface area (Å²) in [7, 11) is 1.40. The molecule has 1 aliphatic carbocycles. The maximum Gasteiger partial charge on any atom is 0.0123 e. The monoisotopic (exact) mass is 188 g/mol.